The van der Waals surface area contributed by atoms with E-state index in [9.17, 15) is 0 Å². The van der Waals surface area contributed by atoms with Crippen LogP contribution in [0, 0.1) is 0 Å². The van der Waals surface area contributed by atoms with Gasteiger partial charge in [0.15, 0.2) is 0 Å². The minimum absolute atomic E-state index is 0.592. The molecule has 0 amide bonds. The van der Waals surface area contributed by atoms with Crippen molar-refractivity contribution < 1.29 is 0 Å². The molecule has 1 aliphatic rings. The topological polar surface area (TPSA) is 29.0 Å². The van der Waals surface area contributed by atoms with E-state index < -0.39 is 0 Å². The van der Waals surface area contributed by atoms with Gasteiger partial charge >= 0.3 is 0 Å². The quantitative estimate of drug-likeness (QED) is 0.799. The van der Waals surface area contributed by atoms with Crippen LogP contribution in [-0.4, -0.2) is 27.9 Å². The minimum Gasteiger partial charge on any atom is -0.337 e. The van der Waals surface area contributed by atoms with Crippen molar-refractivity contribution in [2.75, 3.05) is 16.8 Å². The lowest BCUT2D eigenvalue weighted by Gasteiger charge is -2.28. The Bertz CT molecular complexity index is 325. The Hall–Kier alpha value is -0.350. The van der Waals surface area contributed by atoms with Crippen molar-refractivity contribution in [3.05, 3.63) is 17.4 Å². The van der Waals surface area contributed by atoms with E-state index >= 15 is 0 Å². The average Bonchev–Trinajstić information content (AvgIpc) is 2.81. The molecule has 88 valence electrons. The van der Waals surface area contributed by atoms with Gasteiger partial charge in [-0.2, -0.15) is 0 Å². The molecule has 0 aliphatic heterocycles. The molecule has 0 unspecified atom stereocenters. The molecule has 3 nitrogen and oxygen atoms in total. The van der Waals surface area contributed by atoms with Crippen LogP contribution in [0.4, 0.5) is 5.95 Å². The fourth-order valence-electron chi connectivity index (χ4n) is 2.21. The number of hydrogen-bond donors (Lipinski definition) is 0. The SMILES string of the molecule is Clc1cnc(N(CCBr)C2CCCC2)nc1. The summed E-state index contributed by atoms with van der Waals surface area (Å²) >= 11 is 9.29. The molecular weight excluding hydrogens is 289 g/mol. The van der Waals surface area contributed by atoms with E-state index in [1.165, 1.54) is 25.7 Å². The second kappa shape index (κ2) is 5.82. The largest absolute Gasteiger partial charge is 0.337 e. The van der Waals surface area contributed by atoms with Gasteiger partial charge in [-0.3, -0.25) is 0 Å². The first-order chi connectivity index (χ1) is 7.81. The lowest BCUT2D eigenvalue weighted by molar-refractivity contribution is 0.608. The summed E-state index contributed by atoms with van der Waals surface area (Å²) in [5, 5.41) is 1.53. The van der Waals surface area contributed by atoms with Crippen molar-refractivity contribution in [2.45, 2.75) is 31.7 Å². The molecule has 1 saturated carbocycles. The predicted octanol–water partition coefficient (Wildman–Crippen LogP) is 3.27. The molecule has 16 heavy (non-hydrogen) atoms. The van der Waals surface area contributed by atoms with E-state index in [1.807, 2.05) is 0 Å². The van der Waals surface area contributed by atoms with E-state index in [0.29, 0.717) is 11.1 Å². The van der Waals surface area contributed by atoms with Crippen molar-refractivity contribution in [3.8, 4) is 0 Å². The molecule has 1 heterocycles. The van der Waals surface area contributed by atoms with Crippen molar-refractivity contribution in [2.24, 2.45) is 0 Å². The number of rotatable bonds is 4. The fourth-order valence-corrected chi connectivity index (χ4v) is 2.69. The van der Waals surface area contributed by atoms with Crippen LogP contribution in [0.3, 0.4) is 0 Å². The third-order valence-corrected chi connectivity index (χ3v) is 3.50. The van der Waals surface area contributed by atoms with E-state index in [0.717, 1.165) is 17.8 Å². The first-order valence-corrected chi connectivity index (χ1v) is 7.11. The lowest BCUT2D eigenvalue weighted by Crippen LogP contribution is -2.36. The molecule has 1 aromatic rings. The molecule has 1 fully saturated rings. The number of aromatic nitrogens is 2. The van der Waals surface area contributed by atoms with Crippen LogP contribution in [0.5, 0.6) is 0 Å². The maximum Gasteiger partial charge on any atom is 0.225 e. The summed E-state index contributed by atoms with van der Waals surface area (Å²) < 4.78 is 0. The van der Waals surface area contributed by atoms with Gasteiger partial charge in [-0.1, -0.05) is 40.4 Å². The Morgan fingerprint density at radius 3 is 2.50 bits per heavy atom. The summed E-state index contributed by atoms with van der Waals surface area (Å²) in [6.07, 6.45) is 8.46. The summed E-state index contributed by atoms with van der Waals surface area (Å²) in [6, 6.07) is 0.596. The molecule has 0 radical (unpaired) electrons. The van der Waals surface area contributed by atoms with Crippen LogP contribution in [0.25, 0.3) is 0 Å². The lowest BCUT2D eigenvalue weighted by atomic mass is 10.2. The molecule has 0 atom stereocenters. The van der Waals surface area contributed by atoms with Crippen LogP contribution in [0.15, 0.2) is 12.4 Å². The maximum absolute atomic E-state index is 5.80. The molecule has 2 rings (SSSR count). The third kappa shape index (κ3) is 2.86. The standard InChI is InChI=1S/C11H15BrClN3/c12-5-6-16(10-3-1-2-4-10)11-14-7-9(13)8-15-11/h7-8,10H,1-6H2. The zero-order valence-corrected chi connectivity index (χ0v) is 11.4. The molecule has 1 aliphatic carbocycles. The Labute approximate surface area is 109 Å². The number of hydrogen-bond acceptors (Lipinski definition) is 3. The highest BCUT2D eigenvalue weighted by molar-refractivity contribution is 9.09. The molecule has 0 aromatic carbocycles. The second-order valence-electron chi connectivity index (χ2n) is 4.02. The molecule has 0 bridgehead atoms. The molecule has 0 spiro atoms. The summed E-state index contributed by atoms with van der Waals surface area (Å²) in [5.41, 5.74) is 0. The summed E-state index contributed by atoms with van der Waals surface area (Å²) in [4.78, 5) is 10.9. The number of nitrogens with zero attached hydrogens (tertiary/aromatic N) is 3. The first-order valence-electron chi connectivity index (χ1n) is 5.61. The number of halogens is 2. The zero-order valence-electron chi connectivity index (χ0n) is 9.07. The van der Waals surface area contributed by atoms with Gasteiger partial charge in [0, 0.05) is 17.9 Å². The highest BCUT2D eigenvalue weighted by atomic mass is 79.9. The van der Waals surface area contributed by atoms with Crippen LogP contribution in [-0.2, 0) is 0 Å². The summed E-state index contributed by atoms with van der Waals surface area (Å²) in [7, 11) is 0. The maximum atomic E-state index is 5.80. The van der Waals surface area contributed by atoms with E-state index in [-0.39, 0.29) is 0 Å². The molecular formula is C11H15BrClN3. The fraction of sp³-hybridized carbons (Fsp3) is 0.636. The monoisotopic (exact) mass is 303 g/mol. The summed E-state index contributed by atoms with van der Waals surface area (Å²) in [5.74, 6) is 0.802. The van der Waals surface area contributed by atoms with Gasteiger partial charge in [-0.05, 0) is 12.8 Å². The molecule has 5 heteroatoms. The number of alkyl halides is 1. The van der Waals surface area contributed by atoms with Gasteiger partial charge in [-0.25, -0.2) is 9.97 Å². The van der Waals surface area contributed by atoms with Crippen molar-refractivity contribution in [1.82, 2.24) is 9.97 Å². The van der Waals surface area contributed by atoms with E-state index in [1.54, 1.807) is 12.4 Å². The predicted molar refractivity (Wildman–Crippen MR) is 70.4 cm³/mol. The van der Waals surface area contributed by atoms with Crippen LogP contribution < -0.4 is 4.90 Å². The van der Waals surface area contributed by atoms with Crippen LogP contribution in [0.1, 0.15) is 25.7 Å². The van der Waals surface area contributed by atoms with Gasteiger partial charge in [0.05, 0.1) is 17.4 Å². The van der Waals surface area contributed by atoms with Gasteiger partial charge in [-0.15, -0.1) is 0 Å². The Morgan fingerprint density at radius 1 is 1.31 bits per heavy atom. The van der Waals surface area contributed by atoms with E-state index in [2.05, 4.69) is 30.8 Å². The summed E-state index contributed by atoms with van der Waals surface area (Å²) in [6.45, 7) is 0.951. The average molecular weight is 305 g/mol. The van der Waals surface area contributed by atoms with Gasteiger partial charge in [0.2, 0.25) is 5.95 Å². The Balaban J connectivity index is 2.14. The molecule has 1 aromatic heterocycles. The van der Waals surface area contributed by atoms with Gasteiger partial charge < -0.3 is 4.90 Å². The smallest absolute Gasteiger partial charge is 0.225 e. The third-order valence-electron chi connectivity index (χ3n) is 2.95. The normalized spacial score (nSPS) is 16.6. The Kier molecular flexibility index (Phi) is 4.41. The van der Waals surface area contributed by atoms with Crippen LogP contribution in [0.2, 0.25) is 5.02 Å². The van der Waals surface area contributed by atoms with Crippen LogP contribution >= 0.6 is 27.5 Å². The van der Waals surface area contributed by atoms with E-state index in [4.69, 9.17) is 11.6 Å². The van der Waals surface area contributed by atoms with Crippen molar-refractivity contribution in [3.63, 3.8) is 0 Å². The van der Waals surface area contributed by atoms with Gasteiger partial charge in [0.1, 0.15) is 0 Å². The molecule has 0 saturated heterocycles. The van der Waals surface area contributed by atoms with Crippen molar-refractivity contribution >= 4 is 33.5 Å². The first kappa shape index (κ1) is 12.1. The molecule has 0 N–H and O–H groups in total. The number of anilines is 1. The minimum atomic E-state index is 0.592. The highest BCUT2D eigenvalue weighted by Crippen LogP contribution is 2.26. The second-order valence-corrected chi connectivity index (χ2v) is 5.25. The highest BCUT2D eigenvalue weighted by Gasteiger charge is 2.23. The van der Waals surface area contributed by atoms with Gasteiger partial charge in [0.25, 0.3) is 0 Å². The Morgan fingerprint density at radius 2 is 1.94 bits per heavy atom. The van der Waals surface area contributed by atoms with Crippen molar-refractivity contribution in [1.29, 1.82) is 0 Å². The zero-order chi connectivity index (χ0) is 11.4.